The van der Waals surface area contributed by atoms with E-state index in [1.165, 1.54) is 42.5 Å². The Labute approximate surface area is 132 Å². The number of nitrogens with one attached hydrogen (secondary N) is 2. The standard InChI is InChI=1S/C15H12FN3O3S/c16-13-3-1-2-4-14(13)19-23(21,22)12-7-5-11(6-8-12)18-15(20)9-10-17/h1-8,19H,9H2,(H,18,20). The summed E-state index contributed by atoms with van der Waals surface area (Å²) in [6.45, 7) is 0. The first-order chi connectivity index (χ1) is 10.9. The van der Waals surface area contributed by atoms with E-state index in [2.05, 4.69) is 10.0 Å². The summed E-state index contributed by atoms with van der Waals surface area (Å²) in [5.41, 5.74) is 0.203. The maximum absolute atomic E-state index is 13.5. The number of nitriles is 1. The third-order valence-corrected chi connectivity index (χ3v) is 4.19. The van der Waals surface area contributed by atoms with Gasteiger partial charge in [0.2, 0.25) is 5.91 Å². The molecule has 8 heteroatoms. The quantitative estimate of drug-likeness (QED) is 0.878. The lowest BCUT2D eigenvalue weighted by Gasteiger charge is -2.09. The zero-order valence-electron chi connectivity index (χ0n) is 11.8. The number of nitrogens with zero attached hydrogens (tertiary/aromatic N) is 1. The molecule has 0 aliphatic rings. The van der Waals surface area contributed by atoms with Crippen molar-refractivity contribution in [3.05, 3.63) is 54.3 Å². The highest BCUT2D eigenvalue weighted by Gasteiger charge is 2.16. The Balaban J connectivity index is 2.16. The van der Waals surface area contributed by atoms with Crippen molar-refractivity contribution >= 4 is 27.3 Å². The van der Waals surface area contributed by atoms with Crippen LogP contribution in [0.15, 0.2) is 53.4 Å². The largest absolute Gasteiger partial charge is 0.325 e. The second-order valence-electron chi connectivity index (χ2n) is 4.49. The summed E-state index contributed by atoms with van der Waals surface area (Å²) in [6.07, 6.45) is -0.297. The second-order valence-corrected chi connectivity index (χ2v) is 6.18. The van der Waals surface area contributed by atoms with Crippen LogP contribution in [0.25, 0.3) is 0 Å². The summed E-state index contributed by atoms with van der Waals surface area (Å²) >= 11 is 0. The summed E-state index contributed by atoms with van der Waals surface area (Å²) < 4.78 is 40.0. The monoisotopic (exact) mass is 333 g/mol. The highest BCUT2D eigenvalue weighted by Crippen LogP contribution is 2.20. The van der Waals surface area contributed by atoms with Gasteiger partial charge in [-0.05, 0) is 36.4 Å². The van der Waals surface area contributed by atoms with Crippen LogP contribution in [0.3, 0.4) is 0 Å². The molecule has 0 saturated carbocycles. The van der Waals surface area contributed by atoms with Gasteiger partial charge in [0.1, 0.15) is 12.2 Å². The molecule has 0 bridgehead atoms. The molecular formula is C15H12FN3O3S. The lowest BCUT2D eigenvalue weighted by molar-refractivity contribution is -0.115. The molecule has 0 saturated heterocycles. The first-order valence-electron chi connectivity index (χ1n) is 6.46. The fourth-order valence-corrected chi connectivity index (χ4v) is 2.81. The van der Waals surface area contributed by atoms with Crippen molar-refractivity contribution in [2.24, 2.45) is 0 Å². The van der Waals surface area contributed by atoms with Gasteiger partial charge in [0.25, 0.3) is 10.0 Å². The average Bonchev–Trinajstić information content (AvgIpc) is 2.50. The fourth-order valence-electron chi connectivity index (χ4n) is 1.74. The summed E-state index contributed by atoms with van der Waals surface area (Å²) in [4.78, 5) is 11.2. The van der Waals surface area contributed by atoms with Gasteiger partial charge in [-0.1, -0.05) is 12.1 Å². The van der Waals surface area contributed by atoms with Gasteiger partial charge in [-0.3, -0.25) is 9.52 Å². The Morgan fingerprint density at radius 3 is 2.39 bits per heavy atom. The smallest absolute Gasteiger partial charge is 0.261 e. The number of amides is 1. The number of rotatable bonds is 5. The number of sulfonamides is 1. The molecular weight excluding hydrogens is 321 g/mol. The van der Waals surface area contributed by atoms with Crippen molar-refractivity contribution in [1.82, 2.24) is 0 Å². The third-order valence-electron chi connectivity index (χ3n) is 2.81. The van der Waals surface area contributed by atoms with Crippen LogP contribution in [0.4, 0.5) is 15.8 Å². The molecule has 0 radical (unpaired) electrons. The Kier molecular flexibility index (Phi) is 4.93. The third kappa shape index (κ3) is 4.28. The average molecular weight is 333 g/mol. The van der Waals surface area contributed by atoms with Crippen molar-refractivity contribution in [3.8, 4) is 6.07 Å². The summed E-state index contributed by atoms with van der Waals surface area (Å²) in [6, 6.07) is 12.4. The molecule has 0 aliphatic heterocycles. The van der Waals surface area contributed by atoms with Gasteiger partial charge in [-0.25, -0.2) is 12.8 Å². The Hall–Kier alpha value is -2.92. The zero-order valence-corrected chi connectivity index (χ0v) is 12.6. The minimum absolute atomic E-state index is 0.0842. The SMILES string of the molecule is N#CCC(=O)Nc1ccc(S(=O)(=O)Nc2ccccc2F)cc1. The number of anilines is 2. The molecule has 0 unspecified atom stereocenters. The first-order valence-corrected chi connectivity index (χ1v) is 7.95. The normalized spacial score (nSPS) is 10.6. The van der Waals surface area contributed by atoms with E-state index in [9.17, 15) is 17.6 Å². The predicted molar refractivity (Wildman–Crippen MR) is 82.5 cm³/mol. The molecule has 2 aromatic carbocycles. The molecule has 0 spiro atoms. The maximum atomic E-state index is 13.5. The van der Waals surface area contributed by atoms with Crippen LogP contribution in [0.5, 0.6) is 0 Å². The number of benzene rings is 2. The zero-order chi connectivity index (χ0) is 16.9. The van der Waals surface area contributed by atoms with E-state index in [0.29, 0.717) is 5.69 Å². The molecule has 0 atom stereocenters. The van der Waals surface area contributed by atoms with Gasteiger partial charge in [-0.2, -0.15) is 5.26 Å². The first kappa shape index (κ1) is 16.5. The van der Waals surface area contributed by atoms with E-state index in [4.69, 9.17) is 5.26 Å². The van der Waals surface area contributed by atoms with Gasteiger partial charge in [-0.15, -0.1) is 0 Å². The number of carbonyl (C=O) groups is 1. The van der Waals surface area contributed by atoms with Gasteiger partial charge >= 0.3 is 0 Å². The molecule has 2 aromatic rings. The molecule has 1 amide bonds. The minimum atomic E-state index is -3.95. The number of para-hydroxylation sites is 1. The van der Waals surface area contributed by atoms with E-state index in [1.807, 2.05) is 0 Å². The van der Waals surface area contributed by atoms with Crippen LogP contribution >= 0.6 is 0 Å². The fraction of sp³-hybridized carbons (Fsp3) is 0.0667. The predicted octanol–water partition coefficient (Wildman–Crippen LogP) is 2.48. The van der Waals surface area contributed by atoms with E-state index < -0.39 is 21.7 Å². The van der Waals surface area contributed by atoms with Crippen LogP contribution in [0.2, 0.25) is 0 Å². The Morgan fingerprint density at radius 2 is 1.78 bits per heavy atom. The molecule has 2 rings (SSSR count). The van der Waals surface area contributed by atoms with Crippen LogP contribution in [0, 0.1) is 17.1 Å². The lowest BCUT2D eigenvalue weighted by Crippen LogP contribution is -2.14. The molecule has 118 valence electrons. The maximum Gasteiger partial charge on any atom is 0.261 e. The van der Waals surface area contributed by atoms with Crippen LogP contribution in [0.1, 0.15) is 6.42 Å². The van der Waals surface area contributed by atoms with E-state index in [1.54, 1.807) is 6.07 Å². The van der Waals surface area contributed by atoms with E-state index in [0.717, 1.165) is 6.07 Å². The second kappa shape index (κ2) is 6.89. The summed E-state index contributed by atoms with van der Waals surface area (Å²) in [5.74, 6) is -1.18. The van der Waals surface area contributed by atoms with Gasteiger partial charge < -0.3 is 5.32 Å². The summed E-state index contributed by atoms with van der Waals surface area (Å²) in [7, 11) is -3.95. The molecule has 6 nitrogen and oxygen atoms in total. The molecule has 0 fully saturated rings. The van der Waals surface area contributed by atoms with Crippen molar-refractivity contribution in [3.63, 3.8) is 0 Å². The van der Waals surface area contributed by atoms with Gasteiger partial charge in [0.15, 0.2) is 0 Å². The van der Waals surface area contributed by atoms with E-state index in [-0.39, 0.29) is 17.0 Å². The van der Waals surface area contributed by atoms with Crippen molar-refractivity contribution in [2.45, 2.75) is 11.3 Å². The van der Waals surface area contributed by atoms with Gasteiger partial charge in [0.05, 0.1) is 16.7 Å². The van der Waals surface area contributed by atoms with Crippen molar-refractivity contribution < 1.29 is 17.6 Å². The minimum Gasteiger partial charge on any atom is -0.325 e. The molecule has 0 heterocycles. The molecule has 0 aliphatic carbocycles. The van der Waals surface area contributed by atoms with E-state index >= 15 is 0 Å². The Bertz CT molecular complexity index is 858. The molecule has 2 N–H and O–H groups in total. The van der Waals surface area contributed by atoms with Crippen molar-refractivity contribution in [1.29, 1.82) is 5.26 Å². The highest BCUT2D eigenvalue weighted by molar-refractivity contribution is 7.92. The van der Waals surface area contributed by atoms with Crippen LogP contribution in [-0.4, -0.2) is 14.3 Å². The number of hydrogen-bond donors (Lipinski definition) is 2. The number of carbonyl (C=O) groups excluding carboxylic acids is 1. The van der Waals surface area contributed by atoms with Crippen LogP contribution < -0.4 is 10.0 Å². The number of hydrogen-bond acceptors (Lipinski definition) is 4. The molecule has 0 aromatic heterocycles. The van der Waals surface area contributed by atoms with Crippen LogP contribution in [-0.2, 0) is 14.8 Å². The highest BCUT2D eigenvalue weighted by atomic mass is 32.2. The number of halogens is 1. The van der Waals surface area contributed by atoms with Crippen molar-refractivity contribution in [2.75, 3.05) is 10.0 Å². The lowest BCUT2D eigenvalue weighted by atomic mass is 10.3. The summed E-state index contributed by atoms with van der Waals surface area (Å²) in [5, 5.41) is 10.8. The van der Waals surface area contributed by atoms with Gasteiger partial charge in [0, 0.05) is 5.69 Å². The topological polar surface area (TPSA) is 99.1 Å². The Morgan fingerprint density at radius 1 is 1.13 bits per heavy atom. The molecule has 23 heavy (non-hydrogen) atoms.